The SMILES string of the molecule is Cc1ccc(C(C)NC(=O)COC(=O)c2ccc(C)c(S(=O)(=O)N3CCCCC3)c2)cc1C. The van der Waals surface area contributed by atoms with Gasteiger partial charge in [-0.1, -0.05) is 30.7 Å². The van der Waals surface area contributed by atoms with Crippen molar-refractivity contribution in [3.63, 3.8) is 0 Å². The number of aryl methyl sites for hydroxylation is 3. The number of benzene rings is 2. The number of nitrogens with one attached hydrogen (secondary N) is 1. The monoisotopic (exact) mass is 472 g/mol. The zero-order valence-corrected chi connectivity index (χ0v) is 20.5. The summed E-state index contributed by atoms with van der Waals surface area (Å²) in [6, 6.07) is 10.2. The molecule has 2 aromatic rings. The third-order valence-electron chi connectivity index (χ3n) is 6.10. The van der Waals surface area contributed by atoms with Gasteiger partial charge in [0.15, 0.2) is 6.61 Å². The van der Waals surface area contributed by atoms with Gasteiger partial charge in [-0.2, -0.15) is 4.31 Å². The summed E-state index contributed by atoms with van der Waals surface area (Å²) in [6.45, 7) is 8.11. The molecule has 1 amide bonds. The van der Waals surface area contributed by atoms with Gasteiger partial charge in [0.05, 0.1) is 16.5 Å². The lowest BCUT2D eigenvalue weighted by Gasteiger charge is -2.26. The Morgan fingerprint density at radius 2 is 1.64 bits per heavy atom. The molecule has 1 aliphatic heterocycles. The van der Waals surface area contributed by atoms with Crippen LogP contribution in [0.2, 0.25) is 0 Å². The number of esters is 1. The summed E-state index contributed by atoms with van der Waals surface area (Å²) in [5.41, 5.74) is 3.94. The first-order chi connectivity index (χ1) is 15.6. The van der Waals surface area contributed by atoms with Crippen LogP contribution in [0.1, 0.15) is 64.8 Å². The Morgan fingerprint density at radius 1 is 0.970 bits per heavy atom. The molecule has 8 heteroatoms. The maximum absolute atomic E-state index is 13.1. The van der Waals surface area contributed by atoms with Crippen LogP contribution in [-0.4, -0.2) is 44.3 Å². The van der Waals surface area contributed by atoms with E-state index >= 15 is 0 Å². The van der Waals surface area contributed by atoms with Gasteiger partial charge in [-0.3, -0.25) is 4.79 Å². The molecule has 0 radical (unpaired) electrons. The van der Waals surface area contributed by atoms with Crippen molar-refractivity contribution in [2.75, 3.05) is 19.7 Å². The maximum Gasteiger partial charge on any atom is 0.338 e. The third-order valence-corrected chi connectivity index (χ3v) is 8.14. The highest BCUT2D eigenvalue weighted by Gasteiger charge is 2.28. The van der Waals surface area contributed by atoms with Crippen LogP contribution < -0.4 is 5.32 Å². The van der Waals surface area contributed by atoms with Crippen molar-refractivity contribution < 1.29 is 22.7 Å². The van der Waals surface area contributed by atoms with Gasteiger partial charge in [-0.15, -0.1) is 0 Å². The molecule has 0 spiro atoms. The number of hydrogen-bond donors (Lipinski definition) is 1. The Kier molecular flexibility index (Phi) is 7.92. The molecule has 1 fully saturated rings. The first kappa shape index (κ1) is 24.9. The molecule has 1 saturated heterocycles. The fraction of sp³-hybridized carbons (Fsp3) is 0.440. The Morgan fingerprint density at radius 3 is 2.30 bits per heavy atom. The van der Waals surface area contributed by atoms with Gasteiger partial charge >= 0.3 is 5.97 Å². The Bertz CT molecular complexity index is 1140. The van der Waals surface area contributed by atoms with Crippen LogP contribution in [0.15, 0.2) is 41.3 Å². The third kappa shape index (κ3) is 6.00. The maximum atomic E-state index is 13.1. The smallest absolute Gasteiger partial charge is 0.338 e. The van der Waals surface area contributed by atoms with E-state index in [4.69, 9.17) is 4.74 Å². The van der Waals surface area contributed by atoms with Crippen molar-refractivity contribution in [2.45, 2.75) is 57.9 Å². The van der Waals surface area contributed by atoms with Crippen molar-refractivity contribution in [1.29, 1.82) is 0 Å². The molecule has 0 aliphatic carbocycles. The van der Waals surface area contributed by atoms with Gasteiger partial charge < -0.3 is 10.1 Å². The normalized spacial score (nSPS) is 15.6. The average molecular weight is 473 g/mol. The van der Waals surface area contributed by atoms with Gasteiger partial charge in [0.25, 0.3) is 5.91 Å². The van der Waals surface area contributed by atoms with Crippen LogP contribution in [-0.2, 0) is 19.6 Å². The number of hydrogen-bond acceptors (Lipinski definition) is 5. The predicted molar refractivity (Wildman–Crippen MR) is 127 cm³/mol. The molecule has 1 aliphatic rings. The van der Waals surface area contributed by atoms with Gasteiger partial charge in [0.2, 0.25) is 10.0 Å². The highest BCUT2D eigenvalue weighted by atomic mass is 32.2. The van der Waals surface area contributed by atoms with Crippen molar-refractivity contribution in [2.24, 2.45) is 0 Å². The number of rotatable bonds is 7. The summed E-state index contributed by atoms with van der Waals surface area (Å²) < 4.78 is 32.8. The van der Waals surface area contributed by atoms with Crippen LogP contribution >= 0.6 is 0 Å². The van der Waals surface area contributed by atoms with Gasteiger partial charge in [0.1, 0.15) is 0 Å². The standard InChI is InChI=1S/C25H32N2O5S/c1-17-8-10-21(14-19(17)3)20(4)26-24(28)16-32-25(29)22-11-9-18(2)23(15-22)33(30,31)27-12-6-5-7-13-27/h8-11,14-15,20H,5-7,12-13,16H2,1-4H3,(H,26,28). The van der Waals surface area contributed by atoms with E-state index in [2.05, 4.69) is 5.32 Å². The highest BCUT2D eigenvalue weighted by Crippen LogP contribution is 2.24. The summed E-state index contributed by atoms with van der Waals surface area (Å²) in [6.07, 6.45) is 2.67. The minimum absolute atomic E-state index is 0.103. The summed E-state index contributed by atoms with van der Waals surface area (Å²) in [5, 5.41) is 2.82. The molecule has 1 atom stereocenters. The summed E-state index contributed by atoms with van der Waals surface area (Å²) in [7, 11) is -3.69. The number of sulfonamides is 1. The van der Waals surface area contributed by atoms with E-state index in [1.165, 1.54) is 22.0 Å². The van der Waals surface area contributed by atoms with E-state index in [0.717, 1.165) is 30.4 Å². The lowest BCUT2D eigenvalue weighted by Crippen LogP contribution is -2.36. The highest BCUT2D eigenvalue weighted by molar-refractivity contribution is 7.89. The second-order valence-electron chi connectivity index (χ2n) is 8.65. The molecule has 1 unspecified atom stereocenters. The molecule has 3 rings (SSSR count). The first-order valence-corrected chi connectivity index (χ1v) is 12.7. The van der Waals surface area contributed by atoms with Crippen LogP contribution in [0.25, 0.3) is 0 Å². The molecule has 33 heavy (non-hydrogen) atoms. The summed E-state index contributed by atoms with van der Waals surface area (Å²) >= 11 is 0. The lowest BCUT2D eigenvalue weighted by atomic mass is 10.0. The molecular weight excluding hydrogens is 440 g/mol. The Labute approximate surface area is 196 Å². The van der Waals surface area contributed by atoms with Crippen molar-refractivity contribution in [1.82, 2.24) is 9.62 Å². The van der Waals surface area contributed by atoms with E-state index in [1.54, 1.807) is 13.0 Å². The zero-order chi connectivity index (χ0) is 24.2. The molecule has 1 N–H and O–H groups in total. The van der Waals surface area contributed by atoms with Crippen molar-refractivity contribution in [3.05, 3.63) is 64.2 Å². The lowest BCUT2D eigenvalue weighted by molar-refractivity contribution is -0.124. The Balaban J connectivity index is 1.63. The molecule has 0 saturated carbocycles. The van der Waals surface area contributed by atoms with Crippen molar-refractivity contribution in [3.8, 4) is 0 Å². The second-order valence-corrected chi connectivity index (χ2v) is 10.6. The van der Waals surface area contributed by atoms with Gasteiger partial charge in [-0.25, -0.2) is 13.2 Å². The molecule has 7 nitrogen and oxygen atoms in total. The number of ether oxygens (including phenoxy) is 1. The predicted octanol–water partition coefficient (Wildman–Crippen LogP) is 3.82. The van der Waals surface area contributed by atoms with Crippen LogP contribution in [0.5, 0.6) is 0 Å². The van der Waals surface area contributed by atoms with Crippen molar-refractivity contribution >= 4 is 21.9 Å². The molecule has 178 valence electrons. The van der Waals surface area contributed by atoms with E-state index in [9.17, 15) is 18.0 Å². The molecule has 1 heterocycles. The number of amides is 1. The van der Waals surface area contributed by atoms with Gasteiger partial charge in [-0.05, 0) is 74.9 Å². The average Bonchev–Trinajstić information content (AvgIpc) is 2.80. The van der Waals surface area contributed by atoms with E-state index in [1.807, 2.05) is 39.0 Å². The molecule has 0 aromatic heterocycles. The molecular formula is C25H32N2O5S. The minimum Gasteiger partial charge on any atom is -0.452 e. The fourth-order valence-corrected chi connectivity index (χ4v) is 5.63. The fourth-order valence-electron chi connectivity index (χ4n) is 3.86. The van der Waals surface area contributed by atoms with Gasteiger partial charge in [0, 0.05) is 13.1 Å². The zero-order valence-electron chi connectivity index (χ0n) is 19.7. The molecule has 2 aromatic carbocycles. The van der Waals surface area contributed by atoms with E-state index in [-0.39, 0.29) is 16.5 Å². The van der Waals surface area contributed by atoms with Crippen LogP contribution in [0.3, 0.4) is 0 Å². The number of nitrogens with zero attached hydrogens (tertiary/aromatic N) is 1. The topological polar surface area (TPSA) is 92.8 Å². The van der Waals surface area contributed by atoms with Crippen LogP contribution in [0, 0.1) is 20.8 Å². The van der Waals surface area contributed by atoms with E-state index in [0.29, 0.717) is 18.7 Å². The largest absolute Gasteiger partial charge is 0.452 e. The number of carbonyl (C=O) groups excluding carboxylic acids is 2. The Hall–Kier alpha value is -2.71. The summed E-state index contributed by atoms with van der Waals surface area (Å²) in [4.78, 5) is 25.0. The molecule has 0 bridgehead atoms. The quantitative estimate of drug-likeness (QED) is 0.619. The van der Waals surface area contributed by atoms with Crippen LogP contribution in [0.4, 0.5) is 0 Å². The number of piperidine rings is 1. The summed E-state index contributed by atoms with van der Waals surface area (Å²) in [5.74, 6) is -1.17. The minimum atomic E-state index is -3.69. The number of carbonyl (C=O) groups is 2. The first-order valence-electron chi connectivity index (χ1n) is 11.2. The second kappa shape index (κ2) is 10.5. The van der Waals surface area contributed by atoms with E-state index < -0.39 is 28.5 Å².